The van der Waals surface area contributed by atoms with Crippen LogP contribution < -0.4 is 5.56 Å². The summed E-state index contributed by atoms with van der Waals surface area (Å²) in [7, 11) is 0. The van der Waals surface area contributed by atoms with Crippen LogP contribution in [0.25, 0.3) is 0 Å². The normalized spacial score (nSPS) is 16.5. The number of hydrogen-bond donors (Lipinski definition) is 1. The van der Waals surface area contributed by atoms with Crippen molar-refractivity contribution in [3.8, 4) is 0 Å². The maximum Gasteiger partial charge on any atom is 0.345 e. The molecule has 1 N–H and O–H groups in total. The van der Waals surface area contributed by atoms with E-state index in [1.165, 1.54) is 6.20 Å². The summed E-state index contributed by atoms with van der Waals surface area (Å²) in [6.07, 6.45) is 2.96. The van der Waals surface area contributed by atoms with Crippen LogP contribution in [0.1, 0.15) is 41.9 Å². The molecule has 0 atom stereocenters. The van der Waals surface area contributed by atoms with Gasteiger partial charge < -0.3 is 14.5 Å². The molecule has 0 aromatic carbocycles. The molecule has 98 valence electrons. The molecule has 0 bridgehead atoms. The molecule has 1 saturated heterocycles. The third-order valence-corrected chi connectivity index (χ3v) is 2.92. The van der Waals surface area contributed by atoms with Gasteiger partial charge in [0.2, 0.25) is 0 Å². The van der Waals surface area contributed by atoms with Crippen LogP contribution >= 0.6 is 0 Å². The molecular weight excluding hydrogens is 236 g/mol. The van der Waals surface area contributed by atoms with Crippen LogP contribution in [0.4, 0.5) is 0 Å². The van der Waals surface area contributed by atoms with Gasteiger partial charge in [-0.15, -0.1) is 0 Å². The lowest BCUT2D eigenvalue weighted by atomic mass is 9.99. The van der Waals surface area contributed by atoms with Crippen LogP contribution in [0.15, 0.2) is 11.0 Å². The number of carbonyl (C=O) groups is 1. The van der Waals surface area contributed by atoms with E-state index in [9.17, 15) is 9.59 Å². The molecule has 2 heterocycles. The van der Waals surface area contributed by atoms with Crippen molar-refractivity contribution >= 4 is 5.97 Å². The van der Waals surface area contributed by atoms with E-state index in [1.807, 2.05) is 0 Å². The molecule has 0 aliphatic carbocycles. The number of rotatable bonds is 3. The number of hydrogen-bond acceptors (Lipinski definition) is 5. The minimum atomic E-state index is -0.634. The fourth-order valence-electron chi connectivity index (χ4n) is 1.94. The zero-order chi connectivity index (χ0) is 13.0. The van der Waals surface area contributed by atoms with Gasteiger partial charge >= 0.3 is 5.97 Å². The van der Waals surface area contributed by atoms with Crippen molar-refractivity contribution < 1.29 is 14.3 Å². The lowest BCUT2D eigenvalue weighted by Gasteiger charge is -2.20. The second kappa shape index (κ2) is 5.77. The van der Waals surface area contributed by atoms with Gasteiger partial charge in [-0.25, -0.2) is 9.78 Å². The van der Waals surface area contributed by atoms with Gasteiger partial charge in [-0.3, -0.25) is 4.79 Å². The summed E-state index contributed by atoms with van der Waals surface area (Å²) in [5, 5.41) is 0. The van der Waals surface area contributed by atoms with E-state index in [4.69, 9.17) is 9.47 Å². The van der Waals surface area contributed by atoms with Crippen molar-refractivity contribution in [1.82, 2.24) is 9.97 Å². The first-order chi connectivity index (χ1) is 8.72. The van der Waals surface area contributed by atoms with Crippen LogP contribution in [0.5, 0.6) is 0 Å². The van der Waals surface area contributed by atoms with Gasteiger partial charge in [0.05, 0.1) is 6.61 Å². The van der Waals surface area contributed by atoms with E-state index in [0.29, 0.717) is 19.0 Å². The SMILES string of the molecule is CCOC(=O)c1cnc(C2CCOCC2)[nH]c1=O. The third-order valence-electron chi connectivity index (χ3n) is 2.92. The summed E-state index contributed by atoms with van der Waals surface area (Å²) >= 11 is 0. The molecule has 1 aromatic rings. The van der Waals surface area contributed by atoms with E-state index < -0.39 is 11.5 Å². The Labute approximate surface area is 104 Å². The third kappa shape index (κ3) is 2.76. The molecule has 1 aliphatic rings. The largest absolute Gasteiger partial charge is 0.462 e. The molecule has 1 aliphatic heterocycles. The monoisotopic (exact) mass is 252 g/mol. The first-order valence-electron chi connectivity index (χ1n) is 6.06. The lowest BCUT2D eigenvalue weighted by molar-refractivity contribution is 0.0523. The summed E-state index contributed by atoms with van der Waals surface area (Å²) in [5.41, 5.74) is -0.488. The molecule has 6 nitrogen and oxygen atoms in total. The average molecular weight is 252 g/mol. The quantitative estimate of drug-likeness (QED) is 0.806. The number of aromatic amines is 1. The summed E-state index contributed by atoms with van der Waals surface area (Å²) < 4.78 is 10.0. The molecule has 0 amide bonds. The van der Waals surface area contributed by atoms with Gasteiger partial charge in [-0.1, -0.05) is 0 Å². The molecule has 18 heavy (non-hydrogen) atoms. The number of ether oxygens (including phenoxy) is 2. The Morgan fingerprint density at radius 1 is 1.56 bits per heavy atom. The fourth-order valence-corrected chi connectivity index (χ4v) is 1.94. The number of nitrogens with zero attached hydrogens (tertiary/aromatic N) is 1. The van der Waals surface area contributed by atoms with Gasteiger partial charge in [0.25, 0.3) is 5.56 Å². The van der Waals surface area contributed by atoms with Crippen LogP contribution in [0, 0.1) is 0 Å². The topological polar surface area (TPSA) is 81.3 Å². The number of nitrogens with one attached hydrogen (secondary N) is 1. The summed E-state index contributed by atoms with van der Waals surface area (Å²) in [6, 6.07) is 0. The molecule has 1 aromatic heterocycles. The van der Waals surface area contributed by atoms with E-state index >= 15 is 0 Å². The molecule has 0 radical (unpaired) electrons. The Hall–Kier alpha value is -1.69. The minimum absolute atomic E-state index is 0.0485. The van der Waals surface area contributed by atoms with Crippen LogP contribution in [-0.4, -0.2) is 35.8 Å². The fraction of sp³-hybridized carbons (Fsp3) is 0.583. The Balaban J connectivity index is 2.19. The molecule has 6 heteroatoms. The Morgan fingerprint density at radius 3 is 2.89 bits per heavy atom. The Morgan fingerprint density at radius 2 is 2.28 bits per heavy atom. The van der Waals surface area contributed by atoms with E-state index in [2.05, 4.69) is 9.97 Å². The first-order valence-corrected chi connectivity index (χ1v) is 6.06. The van der Waals surface area contributed by atoms with Gasteiger partial charge in [-0.05, 0) is 19.8 Å². The van der Waals surface area contributed by atoms with E-state index in [-0.39, 0.29) is 18.1 Å². The Bertz CT molecular complexity index is 477. The van der Waals surface area contributed by atoms with Crippen molar-refractivity contribution in [2.24, 2.45) is 0 Å². The second-order valence-corrected chi connectivity index (χ2v) is 4.12. The number of H-pyrrole nitrogens is 1. The smallest absolute Gasteiger partial charge is 0.345 e. The second-order valence-electron chi connectivity index (χ2n) is 4.12. The Kier molecular flexibility index (Phi) is 4.09. The molecular formula is C12H16N2O4. The average Bonchev–Trinajstić information content (AvgIpc) is 2.40. The van der Waals surface area contributed by atoms with Crippen LogP contribution in [-0.2, 0) is 9.47 Å². The van der Waals surface area contributed by atoms with E-state index in [1.54, 1.807) is 6.92 Å². The molecule has 2 rings (SSSR count). The molecule has 0 spiro atoms. The van der Waals surface area contributed by atoms with E-state index in [0.717, 1.165) is 12.8 Å². The summed E-state index contributed by atoms with van der Waals surface area (Å²) in [6.45, 7) is 3.28. The van der Waals surface area contributed by atoms with Crippen molar-refractivity contribution in [2.45, 2.75) is 25.7 Å². The van der Waals surface area contributed by atoms with Crippen LogP contribution in [0.2, 0.25) is 0 Å². The highest BCUT2D eigenvalue weighted by molar-refractivity contribution is 5.88. The van der Waals surface area contributed by atoms with Gasteiger partial charge in [-0.2, -0.15) is 0 Å². The van der Waals surface area contributed by atoms with Crippen molar-refractivity contribution in [1.29, 1.82) is 0 Å². The van der Waals surface area contributed by atoms with Crippen molar-refractivity contribution in [3.05, 3.63) is 27.9 Å². The predicted octanol–water partition coefficient (Wildman–Crippen LogP) is 0.841. The zero-order valence-electron chi connectivity index (χ0n) is 10.3. The van der Waals surface area contributed by atoms with Crippen molar-refractivity contribution in [2.75, 3.05) is 19.8 Å². The highest BCUT2D eigenvalue weighted by Gasteiger charge is 2.20. The van der Waals surface area contributed by atoms with Crippen LogP contribution in [0.3, 0.4) is 0 Å². The highest BCUT2D eigenvalue weighted by atomic mass is 16.5. The zero-order valence-corrected chi connectivity index (χ0v) is 10.3. The maximum atomic E-state index is 11.8. The molecule has 1 fully saturated rings. The summed E-state index contributed by atoms with van der Waals surface area (Å²) in [5.74, 6) is 0.184. The first kappa shape index (κ1) is 12.8. The number of esters is 1. The standard InChI is InChI=1S/C12H16N2O4/c1-2-18-12(16)9-7-13-10(14-11(9)15)8-3-5-17-6-4-8/h7-8H,2-6H2,1H3,(H,13,14,15). The molecule has 0 unspecified atom stereocenters. The van der Waals surface area contributed by atoms with Gasteiger partial charge in [0, 0.05) is 25.3 Å². The predicted molar refractivity (Wildman–Crippen MR) is 63.6 cm³/mol. The molecule has 0 saturated carbocycles. The number of aromatic nitrogens is 2. The van der Waals surface area contributed by atoms with Crippen molar-refractivity contribution in [3.63, 3.8) is 0 Å². The number of carbonyl (C=O) groups excluding carboxylic acids is 1. The minimum Gasteiger partial charge on any atom is -0.462 e. The maximum absolute atomic E-state index is 11.8. The highest BCUT2D eigenvalue weighted by Crippen LogP contribution is 2.22. The lowest BCUT2D eigenvalue weighted by Crippen LogP contribution is -2.25. The van der Waals surface area contributed by atoms with Gasteiger partial charge in [0.15, 0.2) is 0 Å². The van der Waals surface area contributed by atoms with Gasteiger partial charge in [0.1, 0.15) is 11.4 Å². The summed E-state index contributed by atoms with van der Waals surface area (Å²) in [4.78, 5) is 30.0.